The first-order valence-corrected chi connectivity index (χ1v) is 13.7. The fourth-order valence-corrected chi connectivity index (χ4v) is 5.80. The minimum absolute atomic E-state index is 0.146. The van der Waals surface area contributed by atoms with E-state index in [1.807, 2.05) is 36.7 Å². The summed E-state index contributed by atoms with van der Waals surface area (Å²) in [7, 11) is 1.57. The van der Waals surface area contributed by atoms with E-state index < -0.39 is 0 Å². The van der Waals surface area contributed by atoms with Crippen molar-refractivity contribution in [3.05, 3.63) is 76.2 Å². The van der Waals surface area contributed by atoms with Gasteiger partial charge in [-0.2, -0.15) is 5.10 Å². The van der Waals surface area contributed by atoms with Crippen molar-refractivity contribution in [2.75, 3.05) is 37.5 Å². The Morgan fingerprint density at radius 3 is 2.55 bits per heavy atom. The summed E-state index contributed by atoms with van der Waals surface area (Å²) in [4.78, 5) is 28.2. The van der Waals surface area contributed by atoms with Gasteiger partial charge in [0.25, 0.3) is 0 Å². The second-order valence-electron chi connectivity index (χ2n) is 10.5. The summed E-state index contributed by atoms with van der Waals surface area (Å²) in [6.45, 7) is 10.9. The Morgan fingerprint density at radius 1 is 1.18 bits per heavy atom. The number of aryl methyl sites for hydroxylation is 1. The highest BCUT2D eigenvalue weighted by molar-refractivity contribution is 8.00. The van der Waals surface area contributed by atoms with Crippen LogP contribution < -0.4 is 10.2 Å². The zero-order valence-corrected chi connectivity index (χ0v) is 23.6. The van der Waals surface area contributed by atoms with Gasteiger partial charge >= 0.3 is 0 Å². The van der Waals surface area contributed by atoms with E-state index >= 15 is 0 Å². The summed E-state index contributed by atoms with van der Waals surface area (Å²) in [6, 6.07) is 12.4. The number of methoxy groups -OCH3 is 1. The van der Waals surface area contributed by atoms with Crippen LogP contribution in [0.5, 0.6) is 0 Å². The summed E-state index contributed by atoms with van der Waals surface area (Å²) < 4.78 is 20.7. The predicted molar refractivity (Wildman–Crippen MR) is 150 cm³/mol. The van der Waals surface area contributed by atoms with Gasteiger partial charge in [0.2, 0.25) is 11.8 Å². The zero-order chi connectivity index (χ0) is 27.6. The van der Waals surface area contributed by atoms with Gasteiger partial charge in [0.15, 0.2) is 0 Å². The van der Waals surface area contributed by atoms with Crippen molar-refractivity contribution >= 4 is 29.4 Å². The normalized spacial score (nSPS) is 15.8. The molecule has 1 atom stereocenters. The van der Waals surface area contributed by atoms with Gasteiger partial charge in [0.05, 0.1) is 29.0 Å². The molecule has 2 amide bonds. The zero-order valence-electron chi connectivity index (χ0n) is 22.8. The van der Waals surface area contributed by atoms with Gasteiger partial charge in [-0.15, -0.1) is 11.8 Å². The molecule has 2 heterocycles. The summed E-state index contributed by atoms with van der Waals surface area (Å²) in [5.41, 5.74) is 5.18. The average Bonchev–Trinajstić information content (AvgIpc) is 3.20. The number of carbonyl (C=O) groups excluding carboxylic acids is 2. The number of hydrogen-bond acceptors (Lipinski definition) is 5. The molecule has 7 nitrogen and oxygen atoms in total. The first-order valence-electron chi connectivity index (χ1n) is 12.7. The molecule has 0 aliphatic carbocycles. The van der Waals surface area contributed by atoms with Crippen molar-refractivity contribution in [2.45, 2.75) is 45.3 Å². The molecule has 0 saturated heterocycles. The highest BCUT2D eigenvalue weighted by Crippen LogP contribution is 2.48. The molecule has 1 aliphatic heterocycles. The van der Waals surface area contributed by atoms with Gasteiger partial charge < -0.3 is 10.1 Å². The van der Waals surface area contributed by atoms with Crippen LogP contribution in [0.25, 0.3) is 5.69 Å². The minimum Gasteiger partial charge on any atom is -0.383 e. The van der Waals surface area contributed by atoms with Crippen molar-refractivity contribution in [1.29, 1.82) is 0 Å². The van der Waals surface area contributed by atoms with Crippen LogP contribution in [0.1, 0.15) is 54.0 Å². The quantitative estimate of drug-likeness (QED) is 0.435. The molecule has 3 aromatic rings. The number of halogens is 1. The van der Waals surface area contributed by atoms with Crippen molar-refractivity contribution in [3.63, 3.8) is 0 Å². The molecule has 1 aliphatic rings. The van der Waals surface area contributed by atoms with E-state index in [-0.39, 0.29) is 40.6 Å². The number of carbonyl (C=O) groups is 2. The molecule has 1 N–H and O–H groups in total. The summed E-state index contributed by atoms with van der Waals surface area (Å²) >= 11 is 1.47. The average molecular weight is 539 g/mol. The van der Waals surface area contributed by atoms with E-state index in [0.717, 1.165) is 33.6 Å². The number of nitrogens with zero attached hydrogens (tertiary/aromatic N) is 3. The van der Waals surface area contributed by atoms with E-state index in [9.17, 15) is 14.0 Å². The third kappa shape index (κ3) is 5.63. The number of aromatic nitrogens is 2. The van der Waals surface area contributed by atoms with E-state index in [1.54, 1.807) is 24.1 Å². The SMILES string of the molecule is COCCNC(=O)CN1C(=O)CS[C@H](c2ccc(F)cc2)c2c(C(C)(C)C)nn(-c3cccc(C)c3C)c21. The lowest BCUT2D eigenvalue weighted by Gasteiger charge is -2.25. The maximum atomic E-state index is 13.9. The number of nitrogens with one attached hydrogen (secondary N) is 1. The smallest absolute Gasteiger partial charge is 0.240 e. The fraction of sp³-hybridized carbons (Fsp3) is 0.414. The van der Waals surface area contributed by atoms with Crippen molar-refractivity contribution in [3.8, 4) is 5.69 Å². The predicted octanol–water partition coefficient (Wildman–Crippen LogP) is 4.86. The number of thioether (sulfide) groups is 1. The first kappa shape index (κ1) is 27.9. The molecular weight excluding hydrogens is 503 g/mol. The Hall–Kier alpha value is -3.17. The van der Waals surface area contributed by atoms with Gasteiger partial charge in [-0.25, -0.2) is 9.07 Å². The lowest BCUT2D eigenvalue weighted by atomic mass is 9.87. The van der Waals surface area contributed by atoms with Crippen LogP contribution in [0.2, 0.25) is 0 Å². The molecule has 0 bridgehead atoms. The highest BCUT2D eigenvalue weighted by Gasteiger charge is 2.40. The molecule has 2 aromatic carbocycles. The number of fused-ring (bicyclic) bond motifs is 1. The molecule has 0 saturated carbocycles. The minimum atomic E-state index is -0.369. The van der Waals surface area contributed by atoms with Gasteiger partial charge in [-0.3, -0.25) is 14.5 Å². The van der Waals surface area contributed by atoms with Gasteiger partial charge in [-0.1, -0.05) is 45.0 Å². The molecule has 202 valence electrons. The van der Waals surface area contributed by atoms with Gasteiger partial charge in [0, 0.05) is 24.6 Å². The molecule has 0 unspecified atom stereocenters. The van der Waals surface area contributed by atoms with Crippen LogP contribution >= 0.6 is 11.8 Å². The van der Waals surface area contributed by atoms with Crippen LogP contribution in [0.4, 0.5) is 10.2 Å². The van der Waals surface area contributed by atoms with Crippen LogP contribution in [-0.2, 0) is 19.7 Å². The standard InChI is InChI=1S/C29H35FN4O3S/c1-18-8-7-9-22(19(18)2)34-28-25(27(32-34)29(3,4)5)26(20-10-12-21(30)13-11-20)38-17-24(36)33(28)16-23(35)31-14-15-37-6/h7-13,26H,14-17H2,1-6H3,(H,31,35)/t26-/m1/s1. The Morgan fingerprint density at radius 2 is 1.89 bits per heavy atom. The molecule has 1 aromatic heterocycles. The van der Waals surface area contributed by atoms with E-state index in [0.29, 0.717) is 19.0 Å². The third-order valence-electron chi connectivity index (χ3n) is 6.71. The molecule has 0 radical (unpaired) electrons. The summed E-state index contributed by atoms with van der Waals surface area (Å²) in [5, 5.41) is 7.68. The molecular formula is C29H35FN4O3S. The number of anilines is 1. The van der Waals surface area contributed by atoms with Crippen LogP contribution in [-0.4, -0.2) is 54.2 Å². The fourth-order valence-electron chi connectivity index (χ4n) is 4.60. The second-order valence-corrected chi connectivity index (χ2v) is 11.6. The number of amides is 2. The van der Waals surface area contributed by atoms with Gasteiger partial charge in [0.1, 0.15) is 18.2 Å². The number of ether oxygens (including phenoxy) is 1. The molecule has 4 rings (SSSR count). The van der Waals surface area contributed by atoms with E-state index in [4.69, 9.17) is 9.84 Å². The summed E-state index contributed by atoms with van der Waals surface area (Å²) in [6.07, 6.45) is 0. The maximum absolute atomic E-state index is 13.9. The first-order chi connectivity index (χ1) is 18.0. The number of rotatable bonds is 7. The molecule has 38 heavy (non-hydrogen) atoms. The lowest BCUT2D eigenvalue weighted by molar-refractivity contribution is -0.123. The number of benzene rings is 2. The van der Waals surface area contributed by atoms with Crippen LogP contribution in [0, 0.1) is 19.7 Å². The van der Waals surface area contributed by atoms with Crippen LogP contribution in [0.15, 0.2) is 42.5 Å². The van der Waals surface area contributed by atoms with Crippen LogP contribution in [0.3, 0.4) is 0 Å². The molecule has 0 fully saturated rings. The van der Waals surface area contributed by atoms with E-state index in [2.05, 4.69) is 26.1 Å². The Kier molecular flexibility index (Phi) is 8.28. The largest absolute Gasteiger partial charge is 0.383 e. The topological polar surface area (TPSA) is 76.5 Å². The highest BCUT2D eigenvalue weighted by atomic mass is 32.2. The monoisotopic (exact) mass is 538 g/mol. The van der Waals surface area contributed by atoms with Crippen molar-refractivity contribution < 1.29 is 18.7 Å². The third-order valence-corrected chi connectivity index (χ3v) is 7.96. The van der Waals surface area contributed by atoms with Crippen molar-refractivity contribution in [1.82, 2.24) is 15.1 Å². The molecule has 0 spiro atoms. The number of hydrogen-bond donors (Lipinski definition) is 1. The molecule has 9 heteroatoms. The lowest BCUT2D eigenvalue weighted by Crippen LogP contribution is -2.43. The van der Waals surface area contributed by atoms with Crippen molar-refractivity contribution in [2.24, 2.45) is 0 Å². The second kappa shape index (κ2) is 11.3. The Balaban J connectivity index is 1.98. The Bertz CT molecular complexity index is 1330. The Labute approximate surface area is 227 Å². The maximum Gasteiger partial charge on any atom is 0.240 e. The summed E-state index contributed by atoms with van der Waals surface area (Å²) in [5.74, 6) is -0.0411. The van der Waals surface area contributed by atoms with Gasteiger partial charge in [-0.05, 0) is 48.7 Å². The van der Waals surface area contributed by atoms with E-state index in [1.165, 1.54) is 23.9 Å².